The standard InChI is InChI=1S/C24H34N4O2/c1-17-22(18(2)27-26-17)25-23(29)24(9-12-30-13-10-24)15-19-6-4-7-20(14-19)21-8-5-11-28(3)16-21/h4,6-7,14,21H,5,8-13,15-16H2,1-3H3,(H,25,29)(H,26,27)/t21-/m0/s1. The van der Waals surface area contributed by atoms with Gasteiger partial charge >= 0.3 is 0 Å². The third-order valence-electron chi connectivity index (χ3n) is 6.89. The van der Waals surface area contributed by atoms with Gasteiger partial charge in [-0.15, -0.1) is 0 Å². The Balaban J connectivity index is 1.56. The minimum absolute atomic E-state index is 0.0844. The van der Waals surface area contributed by atoms with Crippen molar-refractivity contribution < 1.29 is 9.53 Å². The molecule has 0 aliphatic carbocycles. The molecule has 6 nitrogen and oxygen atoms in total. The number of aromatic amines is 1. The maximum Gasteiger partial charge on any atom is 0.231 e. The molecule has 2 fully saturated rings. The van der Waals surface area contributed by atoms with Gasteiger partial charge in [-0.2, -0.15) is 5.10 Å². The quantitative estimate of drug-likeness (QED) is 0.786. The van der Waals surface area contributed by atoms with Crippen molar-refractivity contribution in [2.24, 2.45) is 5.41 Å². The van der Waals surface area contributed by atoms with Crippen LogP contribution in [-0.4, -0.2) is 54.4 Å². The van der Waals surface area contributed by atoms with E-state index < -0.39 is 5.41 Å². The fourth-order valence-corrected chi connectivity index (χ4v) is 5.01. The molecule has 1 amide bonds. The van der Waals surface area contributed by atoms with Gasteiger partial charge in [0.2, 0.25) is 5.91 Å². The van der Waals surface area contributed by atoms with Crippen LogP contribution in [-0.2, 0) is 16.0 Å². The number of nitrogens with zero attached hydrogens (tertiary/aromatic N) is 2. The van der Waals surface area contributed by atoms with E-state index in [0.717, 1.165) is 42.9 Å². The van der Waals surface area contributed by atoms with Crippen molar-refractivity contribution in [3.05, 3.63) is 46.8 Å². The fraction of sp³-hybridized carbons (Fsp3) is 0.583. The van der Waals surface area contributed by atoms with E-state index in [1.54, 1.807) is 0 Å². The summed E-state index contributed by atoms with van der Waals surface area (Å²) in [6, 6.07) is 8.92. The maximum absolute atomic E-state index is 13.5. The van der Waals surface area contributed by atoms with Crippen LogP contribution in [0.3, 0.4) is 0 Å². The molecule has 2 aromatic rings. The lowest BCUT2D eigenvalue weighted by atomic mass is 9.74. The Morgan fingerprint density at radius 2 is 2.13 bits per heavy atom. The number of hydrogen-bond donors (Lipinski definition) is 2. The molecule has 2 saturated heterocycles. The summed E-state index contributed by atoms with van der Waals surface area (Å²) in [4.78, 5) is 15.9. The Labute approximate surface area is 179 Å². The SMILES string of the molecule is Cc1n[nH]c(C)c1NC(=O)C1(Cc2cccc([C@H]3CCCN(C)C3)c2)CCOCC1. The van der Waals surface area contributed by atoms with Crippen LogP contribution in [0.5, 0.6) is 0 Å². The van der Waals surface area contributed by atoms with Gasteiger partial charge in [-0.05, 0) is 76.6 Å². The first kappa shape index (κ1) is 21.1. The highest BCUT2D eigenvalue weighted by Crippen LogP contribution is 2.37. The van der Waals surface area contributed by atoms with Gasteiger partial charge in [-0.25, -0.2) is 0 Å². The first-order chi connectivity index (χ1) is 14.5. The molecule has 4 rings (SSSR count). The molecule has 0 bridgehead atoms. The minimum atomic E-state index is -0.448. The topological polar surface area (TPSA) is 70.2 Å². The molecule has 162 valence electrons. The molecule has 0 spiro atoms. The van der Waals surface area contributed by atoms with Crippen molar-refractivity contribution in [3.63, 3.8) is 0 Å². The van der Waals surface area contributed by atoms with E-state index in [-0.39, 0.29) is 5.91 Å². The predicted octanol–water partition coefficient (Wildman–Crippen LogP) is 3.81. The zero-order chi connectivity index (χ0) is 21.1. The van der Waals surface area contributed by atoms with Crippen LogP contribution in [0, 0.1) is 19.3 Å². The summed E-state index contributed by atoms with van der Waals surface area (Å²) in [5, 5.41) is 10.4. The first-order valence-corrected chi connectivity index (χ1v) is 11.1. The molecule has 0 unspecified atom stereocenters. The van der Waals surface area contributed by atoms with Gasteiger partial charge in [0.1, 0.15) is 0 Å². The molecular weight excluding hydrogens is 376 g/mol. The summed E-state index contributed by atoms with van der Waals surface area (Å²) in [6.45, 7) is 7.42. The lowest BCUT2D eigenvalue weighted by molar-refractivity contribution is -0.131. The Hall–Kier alpha value is -2.18. The molecule has 0 saturated carbocycles. The maximum atomic E-state index is 13.5. The summed E-state index contributed by atoms with van der Waals surface area (Å²) in [6.07, 6.45) is 4.72. The number of hydrogen-bond acceptors (Lipinski definition) is 4. The molecule has 0 radical (unpaired) electrons. The largest absolute Gasteiger partial charge is 0.381 e. The number of ether oxygens (including phenoxy) is 1. The van der Waals surface area contributed by atoms with Crippen LogP contribution in [0.15, 0.2) is 24.3 Å². The monoisotopic (exact) mass is 410 g/mol. The Morgan fingerprint density at radius 3 is 2.83 bits per heavy atom. The van der Waals surface area contributed by atoms with Crippen LogP contribution in [0.25, 0.3) is 0 Å². The van der Waals surface area contributed by atoms with Gasteiger partial charge in [0.25, 0.3) is 0 Å². The van der Waals surface area contributed by atoms with Gasteiger partial charge in [0.05, 0.1) is 22.5 Å². The summed E-state index contributed by atoms with van der Waals surface area (Å²) in [5.74, 6) is 0.667. The molecule has 2 N–H and O–H groups in total. The Morgan fingerprint density at radius 1 is 1.33 bits per heavy atom. The Bertz CT molecular complexity index is 866. The summed E-state index contributed by atoms with van der Waals surface area (Å²) in [7, 11) is 2.21. The molecule has 3 heterocycles. The van der Waals surface area contributed by atoms with Crippen LogP contribution >= 0.6 is 0 Å². The van der Waals surface area contributed by atoms with Crippen molar-refractivity contribution in [3.8, 4) is 0 Å². The third kappa shape index (κ3) is 4.44. The van der Waals surface area contributed by atoms with Crippen molar-refractivity contribution in [1.82, 2.24) is 15.1 Å². The van der Waals surface area contributed by atoms with E-state index in [0.29, 0.717) is 19.1 Å². The number of likely N-dealkylation sites (N-methyl/N-ethyl adjacent to an activating group) is 1. The second kappa shape index (κ2) is 8.90. The lowest BCUT2D eigenvalue weighted by Crippen LogP contribution is -2.43. The van der Waals surface area contributed by atoms with E-state index in [1.807, 2.05) is 13.8 Å². The molecule has 30 heavy (non-hydrogen) atoms. The van der Waals surface area contributed by atoms with Crippen LogP contribution in [0.4, 0.5) is 5.69 Å². The molecule has 2 aliphatic heterocycles. The fourth-order valence-electron chi connectivity index (χ4n) is 5.01. The molecule has 1 aromatic heterocycles. The number of aromatic nitrogens is 2. The normalized spacial score (nSPS) is 22.0. The van der Waals surface area contributed by atoms with E-state index in [1.165, 1.54) is 30.5 Å². The van der Waals surface area contributed by atoms with E-state index in [4.69, 9.17) is 4.74 Å². The van der Waals surface area contributed by atoms with Crippen molar-refractivity contribution in [2.75, 3.05) is 38.7 Å². The zero-order valence-electron chi connectivity index (χ0n) is 18.5. The average molecular weight is 411 g/mol. The van der Waals surface area contributed by atoms with Gasteiger partial charge < -0.3 is 15.0 Å². The predicted molar refractivity (Wildman–Crippen MR) is 119 cm³/mol. The van der Waals surface area contributed by atoms with Gasteiger partial charge in [-0.3, -0.25) is 9.89 Å². The number of carbonyl (C=O) groups is 1. The highest BCUT2D eigenvalue weighted by molar-refractivity contribution is 5.96. The second-order valence-corrected chi connectivity index (χ2v) is 9.18. The number of aryl methyl sites for hydroxylation is 2. The van der Waals surface area contributed by atoms with E-state index >= 15 is 0 Å². The van der Waals surface area contributed by atoms with Crippen LogP contribution in [0.2, 0.25) is 0 Å². The van der Waals surface area contributed by atoms with Gasteiger partial charge in [0, 0.05) is 19.8 Å². The molecule has 6 heteroatoms. The van der Waals surface area contributed by atoms with Gasteiger partial charge in [-0.1, -0.05) is 24.3 Å². The van der Waals surface area contributed by atoms with Crippen LogP contribution in [0.1, 0.15) is 54.1 Å². The minimum Gasteiger partial charge on any atom is -0.381 e. The van der Waals surface area contributed by atoms with Crippen molar-refractivity contribution in [1.29, 1.82) is 0 Å². The smallest absolute Gasteiger partial charge is 0.231 e. The van der Waals surface area contributed by atoms with Crippen molar-refractivity contribution in [2.45, 2.75) is 51.9 Å². The molecule has 1 aromatic carbocycles. The summed E-state index contributed by atoms with van der Waals surface area (Å²) in [5.41, 5.74) is 4.74. The highest BCUT2D eigenvalue weighted by atomic mass is 16.5. The number of benzene rings is 1. The van der Waals surface area contributed by atoms with Crippen LogP contribution < -0.4 is 5.32 Å². The number of anilines is 1. The Kier molecular flexibility index (Phi) is 6.25. The van der Waals surface area contributed by atoms with Gasteiger partial charge in [0.15, 0.2) is 0 Å². The number of likely N-dealkylation sites (tertiary alicyclic amines) is 1. The number of piperidine rings is 1. The number of H-pyrrole nitrogens is 1. The summed E-state index contributed by atoms with van der Waals surface area (Å²) < 4.78 is 5.62. The first-order valence-electron chi connectivity index (χ1n) is 11.1. The molecule has 2 aliphatic rings. The number of carbonyl (C=O) groups excluding carboxylic acids is 1. The zero-order valence-corrected chi connectivity index (χ0v) is 18.5. The number of rotatable bonds is 5. The number of nitrogens with one attached hydrogen (secondary N) is 2. The van der Waals surface area contributed by atoms with Crippen molar-refractivity contribution >= 4 is 11.6 Å². The average Bonchev–Trinajstić information content (AvgIpc) is 3.06. The molecular formula is C24H34N4O2. The second-order valence-electron chi connectivity index (χ2n) is 9.18. The lowest BCUT2D eigenvalue weighted by Gasteiger charge is -2.36. The summed E-state index contributed by atoms with van der Waals surface area (Å²) >= 11 is 0. The molecule has 1 atom stereocenters. The third-order valence-corrected chi connectivity index (χ3v) is 6.89. The number of amides is 1. The van der Waals surface area contributed by atoms with E-state index in [2.05, 4.69) is 51.7 Å². The highest BCUT2D eigenvalue weighted by Gasteiger charge is 2.40. The van der Waals surface area contributed by atoms with E-state index in [9.17, 15) is 4.79 Å².